The second-order valence-corrected chi connectivity index (χ2v) is 7.00. The van der Waals surface area contributed by atoms with Crippen LogP contribution < -0.4 is 5.32 Å². The molecule has 2 rings (SSSR count). The topological polar surface area (TPSA) is 12.0 Å². The van der Waals surface area contributed by atoms with E-state index in [0.29, 0.717) is 0 Å². The lowest BCUT2D eigenvalue weighted by Crippen LogP contribution is -2.16. The first-order valence-corrected chi connectivity index (χ1v) is 7.77. The van der Waals surface area contributed by atoms with Crippen molar-refractivity contribution in [2.75, 3.05) is 7.05 Å². The average Bonchev–Trinajstić information content (AvgIpc) is 2.60. The van der Waals surface area contributed by atoms with Gasteiger partial charge in [0.2, 0.25) is 0 Å². The van der Waals surface area contributed by atoms with Crippen molar-refractivity contribution in [2.45, 2.75) is 6.04 Å². The number of halogens is 3. The Kier molecular flexibility index (Phi) is 4.66. The van der Waals surface area contributed by atoms with E-state index in [-0.39, 0.29) is 6.04 Å². The maximum atomic E-state index is 6.08. The fraction of sp³-hybridized carbons (Fsp3) is 0.167. The molecule has 17 heavy (non-hydrogen) atoms. The van der Waals surface area contributed by atoms with Crippen LogP contribution in [-0.4, -0.2) is 7.05 Å². The van der Waals surface area contributed by atoms with Crippen molar-refractivity contribution in [3.63, 3.8) is 0 Å². The molecule has 1 aromatic heterocycles. The molecule has 1 N–H and O–H groups in total. The molecule has 1 unspecified atom stereocenters. The third kappa shape index (κ3) is 3.12. The highest BCUT2D eigenvalue weighted by Gasteiger charge is 2.16. The molecule has 90 valence electrons. The zero-order chi connectivity index (χ0) is 12.4. The van der Waals surface area contributed by atoms with E-state index in [1.54, 1.807) is 11.3 Å². The summed E-state index contributed by atoms with van der Waals surface area (Å²) in [4.78, 5) is 1.20. The molecule has 0 saturated carbocycles. The highest BCUT2D eigenvalue weighted by atomic mass is 79.9. The second kappa shape index (κ2) is 5.85. The van der Waals surface area contributed by atoms with Gasteiger partial charge in [-0.1, -0.05) is 39.7 Å². The maximum Gasteiger partial charge on any atom is 0.107 e. The fourth-order valence-electron chi connectivity index (χ4n) is 1.66. The third-order valence-corrected chi connectivity index (χ3v) is 5.45. The standard InChI is InChI=1S/C12H10Br2ClNS/c1-16-11(7-3-2-4-8(13)5-7)10-6-9(14)12(15)17-10/h2-6,11,16H,1H3. The minimum Gasteiger partial charge on any atom is -0.309 e. The molecule has 0 amide bonds. The zero-order valence-electron chi connectivity index (χ0n) is 9.01. The van der Waals surface area contributed by atoms with Crippen LogP contribution in [0.3, 0.4) is 0 Å². The molecule has 1 aromatic carbocycles. The van der Waals surface area contributed by atoms with Gasteiger partial charge in [0.15, 0.2) is 0 Å². The Bertz CT molecular complexity index is 507. The number of benzene rings is 1. The van der Waals surface area contributed by atoms with Gasteiger partial charge in [-0.2, -0.15) is 0 Å². The lowest BCUT2D eigenvalue weighted by atomic mass is 10.1. The van der Waals surface area contributed by atoms with Gasteiger partial charge in [-0.15, -0.1) is 11.3 Å². The summed E-state index contributed by atoms with van der Waals surface area (Å²) in [7, 11) is 1.95. The lowest BCUT2D eigenvalue weighted by molar-refractivity contribution is 0.703. The molecule has 5 heteroatoms. The first-order chi connectivity index (χ1) is 8.11. The molecular weight excluding hydrogens is 385 g/mol. The number of thiophene rings is 1. The van der Waals surface area contributed by atoms with Crippen molar-refractivity contribution in [1.29, 1.82) is 0 Å². The largest absolute Gasteiger partial charge is 0.309 e. The SMILES string of the molecule is CNC(c1cccc(Br)c1)c1cc(Br)c(Cl)s1. The zero-order valence-corrected chi connectivity index (χ0v) is 13.8. The Hall–Kier alpha value is 0.130. The molecule has 1 atom stereocenters. The van der Waals surface area contributed by atoms with Gasteiger partial charge in [-0.05, 0) is 46.7 Å². The summed E-state index contributed by atoms with van der Waals surface area (Å²) in [6, 6.07) is 10.5. The molecule has 0 bridgehead atoms. The van der Waals surface area contributed by atoms with Crippen LogP contribution in [0.4, 0.5) is 0 Å². The number of hydrogen-bond donors (Lipinski definition) is 1. The molecular formula is C12H10Br2ClNS. The summed E-state index contributed by atoms with van der Waals surface area (Å²) in [5.41, 5.74) is 1.22. The van der Waals surface area contributed by atoms with E-state index >= 15 is 0 Å². The van der Waals surface area contributed by atoms with Crippen molar-refractivity contribution in [3.8, 4) is 0 Å². The molecule has 0 spiro atoms. The van der Waals surface area contributed by atoms with E-state index in [0.717, 1.165) is 13.3 Å². The van der Waals surface area contributed by atoms with E-state index in [1.165, 1.54) is 10.4 Å². The van der Waals surface area contributed by atoms with Crippen LogP contribution >= 0.6 is 54.8 Å². The second-order valence-electron chi connectivity index (χ2n) is 3.55. The number of hydrogen-bond acceptors (Lipinski definition) is 2. The Morgan fingerprint density at radius 3 is 2.59 bits per heavy atom. The van der Waals surface area contributed by atoms with Gasteiger partial charge in [0.1, 0.15) is 4.34 Å². The first kappa shape index (κ1) is 13.6. The van der Waals surface area contributed by atoms with Crippen molar-refractivity contribution in [1.82, 2.24) is 5.32 Å². The fourth-order valence-corrected chi connectivity index (χ4v) is 3.96. The quantitative estimate of drug-likeness (QED) is 0.750. The van der Waals surface area contributed by atoms with Gasteiger partial charge in [0, 0.05) is 13.8 Å². The normalized spacial score (nSPS) is 12.7. The third-order valence-electron chi connectivity index (χ3n) is 2.42. The van der Waals surface area contributed by atoms with Crippen molar-refractivity contribution in [2.24, 2.45) is 0 Å². The predicted molar refractivity (Wildman–Crippen MR) is 82.1 cm³/mol. The summed E-state index contributed by atoms with van der Waals surface area (Å²) in [5, 5.41) is 3.31. The molecule has 1 heterocycles. The minimum atomic E-state index is 0.168. The Morgan fingerprint density at radius 2 is 2.06 bits per heavy atom. The number of rotatable bonds is 3. The van der Waals surface area contributed by atoms with Gasteiger partial charge in [0.25, 0.3) is 0 Å². The van der Waals surface area contributed by atoms with Crippen LogP contribution in [0.2, 0.25) is 4.34 Å². The van der Waals surface area contributed by atoms with Crippen LogP contribution in [0.15, 0.2) is 39.3 Å². The molecule has 0 saturated heterocycles. The predicted octanol–water partition coefficient (Wildman–Crippen LogP) is 5.24. The molecule has 0 radical (unpaired) electrons. The minimum absolute atomic E-state index is 0.168. The van der Waals surface area contributed by atoms with Crippen LogP contribution in [0, 0.1) is 0 Å². The summed E-state index contributed by atoms with van der Waals surface area (Å²) in [6.45, 7) is 0. The van der Waals surface area contributed by atoms with Crippen molar-refractivity contribution >= 4 is 54.8 Å². The molecule has 0 aliphatic heterocycles. The van der Waals surface area contributed by atoms with E-state index < -0.39 is 0 Å². The molecule has 0 aliphatic carbocycles. The Balaban J connectivity index is 2.39. The van der Waals surface area contributed by atoms with Gasteiger partial charge in [-0.3, -0.25) is 0 Å². The Morgan fingerprint density at radius 1 is 1.29 bits per heavy atom. The lowest BCUT2D eigenvalue weighted by Gasteiger charge is -2.15. The van der Waals surface area contributed by atoms with Crippen molar-refractivity contribution in [3.05, 3.63) is 54.1 Å². The van der Waals surface area contributed by atoms with Crippen LogP contribution in [0.25, 0.3) is 0 Å². The van der Waals surface area contributed by atoms with Gasteiger partial charge >= 0.3 is 0 Å². The van der Waals surface area contributed by atoms with Gasteiger partial charge < -0.3 is 5.32 Å². The average molecular weight is 396 g/mol. The van der Waals surface area contributed by atoms with Gasteiger partial charge in [-0.25, -0.2) is 0 Å². The smallest absolute Gasteiger partial charge is 0.107 e. The van der Waals surface area contributed by atoms with Gasteiger partial charge in [0.05, 0.1) is 6.04 Å². The first-order valence-electron chi connectivity index (χ1n) is 4.99. The summed E-state index contributed by atoms with van der Waals surface area (Å²) >= 11 is 14.6. The highest BCUT2D eigenvalue weighted by Crippen LogP contribution is 2.37. The molecule has 2 aromatic rings. The van der Waals surface area contributed by atoms with Crippen molar-refractivity contribution < 1.29 is 0 Å². The highest BCUT2D eigenvalue weighted by molar-refractivity contribution is 9.10. The molecule has 0 aliphatic rings. The van der Waals surface area contributed by atoms with E-state index in [2.05, 4.69) is 55.4 Å². The summed E-state index contributed by atoms with van der Waals surface area (Å²) in [6.07, 6.45) is 0. The number of nitrogens with one attached hydrogen (secondary N) is 1. The summed E-state index contributed by atoms with van der Waals surface area (Å²) in [5.74, 6) is 0. The van der Waals surface area contributed by atoms with Crippen LogP contribution in [0.5, 0.6) is 0 Å². The molecule has 0 fully saturated rings. The van der Waals surface area contributed by atoms with E-state index in [1.807, 2.05) is 19.2 Å². The van der Waals surface area contributed by atoms with Crippen LogP contribution in [-0.2, 0) is 0 Å². The van der Waals surface area contributed by atoms with E-state index in [4.69, 9.17) is 11.6 Å². The monoisotopic (exact) mass is 393 g/mol. The molecule has 1 nitrogen and oxygen atoms in total. The Labute approximate surface area is 126 Å². The maximum absolute atomic E-state index is 6.08. The summed E-state index contributed by atoms with van der Waals surface area (Å²) < 4.78 is 2.82. The van der Waals surface area contributed by atoms with E-state index in [9.17, 15) is 0 Å². The van der Waals surface area contributed by atoms with Crippen LogP contribution in [0.1, 0.15) is 16.5 Å².